The Hall–Kier alpha value is -1.62. The van der Waals surface area contributed by atoms with E-state index < -0.39 is 72.6 Å². The van der Waals surface area contributed by atoms with Crippen LogP contribution in [-0.2, 0) is 46.4 Å². The van der Waals surface area contributed by atoms with Crippen molar-refractivity contribution in [2.75, 3.05) is 13.2 Å². The average Bonchev–Trinajstić information content (AvgIpc) is 2.98. The zero-order chi connectivity index (χ0) is 18.6. The van der Waals surface area contributed by atoms with Gasteiger partial charge in [-0.15, -0.1) is 0 Å². The normalized spacial score (nSPS) is 24.8. The second-order valence-electron chi connectivity index (χ2n) is 4.58. The molecule has 4 atom stereocenters. The van der Waals surface area contributed by atoms with Crippen LogP contribution in [0.5, 0.6) is 0 Å². The van der Waals surface area contributed by atoms with E-state index in [1.54, 1.807) is 0 Å². The van der Waals surface area contributed by atoms with Crippen LogP contribution in [-0.4, -0.2) is 80.2 Å². The van der Waals surface area contributed by atoms with E-state index in [0.29, 0.717) is 0 Å². The van der Waals surface area contributed by atoms with E-state index >= 15 is 0 Å². The zero-order valence-corrected chi connectivity index (χ0v) is 16.6. The standard InChI is InChI=1S/2C6H8O6.Cd/c2*7-1-2(8)5-3(9)4(10)6(11)12-5;/h2*2,5,7-10H,1H2;/q;;+2/p-2/t2*2-,5+;/m00./s1. The Morgan fingerprint density at radius 1 is 0.840 bits per heavy atom. The molecule has 0 amide bonds. The fourth-order valence-corrected chi connectivity index (χ4v) is 1.63. The largest absolute Gasteiger partial charge is 2.00 e. The molecule has 2 aliphatic heterocycles. The van der Waals surface area contributed by atoms with Gasteiger partial charge in [0.15, 0.2) is 12.2 Å². The minimum atomic E-state index is -1.46. The number of esters is 2. The second-order valence-corrected chi connectivity index (χ2v) is 4.58. The molecule has 6 N–H and O–H groups in total. The van der Waals surface area contributed by atoms with E-state index in [4.69, 9.17) is 30.6 Å². The van der Waals surface area contributed by atoms with E-state index in [9.17, 15) is 19.8 Å². The third kappa shape index (κ3) is 5.18. The number of carbonyl (C=O) groups excluding carboxylic acids is 2. The summed E-state index contributed by atoms with van der Waals surface area (Å²) in [6, 6.07) is 0. The van der Waals surface area contributed by atoms with Gasteiger partial charge in [-0.25, -0.2) is 9.59 Å². The summed E-state index contributed by atoms with van der Waals surface area (Å²) in [6.07, 6.45) is -5.76. The number of carbonyl (C=O) groups is 2. The van der Waals surface area contributed by atoms with Gasteiger partial charge in [-0.3, -0.25) is 0 Å². The van der Waals surface area contributed by atoms with Crippen molar-refractivity contribution in [3.63, 3.8) is 0 Å². The van der Waals surface area contributed by atoms with Crippen LogP contribution in [0.25, 0.3) is 0 Å². The predicted molar refractivity (Wildman–Crippen MR) is 65.3 cm³/mol. The molecule has 0 aromatic rings. The predicted octanol–water partition coefficient (Wildman–Crippen LogP) is -5.21. The van der Waals surface area contributed by atoms with Gasteiger partial charge in [-0.2, -0.15) is 0 Å². The molecule has 2 aliphatic rings. The van der Waals surface area contributed by atoms with Crippen LogP contribution in [0.3, 0.4) is 0 Å². The minimum Gasteiger partial charge on any atom is -0.865 e. The summed E-state index contributed by atoms with van der Waals surface area (Å²) in [5.74, 6) is -6.50. The van der Waals surface area contributed by atoms with Crippen molar-refractivity contribution in [1.29, 1.82) is 0 Å². The van der Waals surface area contributed by atoms with Crippen LogP contribution in [0, 0.1) is 0 Å². The number of cyclic esters (lactones) is 2. The van der Waals surface area contributed by atoms with Crippen molar-refractivity contribution >= 4 is 11.9 Å². The van der Waals surface area contributed by atoms with Gasteiger partial charge in [0.05, 0.1) is 13.2 Å². The molecule has 2 heterocycles. The summed E-state index contributed by atoms with van der Waals surface area (Å²) in [5.41, 5.74) is 0. The van der Waals surface area contributed by atoms with E-state index in [1.165, 1.54) is 0 Å². The van der Waals surface area contributed by atoms with Crippen LogP contribution >= 0.6 is 0 Å². The van der Waals surface area contributed by atoms with Crippen LogP contribution < -0.4 is 10.2 Å². The number of aliphatic hydroxyl groups is 6. The zero-order valence-electron chi connectivity index (χ0n) is 12.6. The van der Waals surface area contributed by atoms with Gasteiger partial charge >= 0.3 is 39.2 Å². The summed E-state index contributed by atoms with van der Waals surface area (Å²) >= 11 is 0. The topological polar surface area (TPSA) is 220 Å². The molecule has 0 bridgehead atoms. The first-order valence-corrected chi connectivity index (χ1v) is 6.35. The van der Waals surface area contributed by atoms with E-state index in [2.05, 4.69) is 9.47 Å². The van der Waals surface area contributed by atoms with Crippen molar-refractivity contribution in [1.82, 2.24) is 0 Å². The summed E-state index contributed by atoms with van der Waals surface area (Å²) in [4.78, 5) is 20.9. The molecule has 0 fully saturated rings. The number of rotatable bonds is 4. The number of ether oxygens (including phenoxy) is 2. The van der Waals surface area contributed by atoms with Crippen molar-refractivity contribution in [3.8, 4) is 0 Å². The van der Waals surface area contributed by atoms with Gasteiger partial charge in [-0.1, -0.05) is 0 Å². The molecule has 0 saturated heterocycles. The molecule has 13 heteroatoms. The van der Waals surface area contributed by atoms with E-state index in [1.807, 2.05) is 0 Å². The third-order valence-electron chi connectivity index (χ3n) is 2.92. The molecular formula is C12H14CdO12. The fraction of sp³-hybridized carbons (Fsp3) is 0.500. The van der Waals surface area contributed by atoms with Crippen molar-refractivity contribution in [2.24, 2.45) is 0 Å². The molecule has 2 rings (SSSR count). The van der Waals surface area contributed by atoms with Crippen molar-refractivity contribution in [2.45, 2.75) is 24.4 Å². The number of hydrogen-bond donors (Lipinski definition) is 6. The Morgan fingerprint density at radius 2 is 1.12 bits per heavy atom. The maximum Gasteiger partial charge on any atom is 2.00 e. The molecule has 136 valence electrons. The molecule has 12 nitrogen and oxygen atoms in total. The monoisotopic (exact) mass is 464 g/mol. The third-order valence-corrected chi connectivity index (χ3v) is 2.92. The van der Waals surface area contributed by atoms with Crippen LogP contribution in [0.4, 0.5) is 0 Å². The van der Waals surface area contributed by atoms with Crippen LogP contribution in [0.1, 0.15) is 0 Å². The molecule has 0 aromatic heterocycles. The minimum absolute atomic E-state index is 0. The maximum atomic E-state index is 10.6. The van der Waals surface area contributed by atoms with Crippen molar-refractivity contribution in [3.05, 3.63) is 23.0 Å². The first-order chi connectivity index (χ1) is 11.1. The van der Waals surface area contributed by atoms with Crippen LogP contribution in [0.15, 0.2) is 23.0 Å². The average molecular weight is 463 g/mol. The Balaban J connectivity index is 0.000000443. The first-order valence-electron chi connectivity index (χ1n) is 6.35. The number of aliphatic hydroxyl groups excluding tert-OH is 6. The van der Waals surface area contributed by atoms with E-state index in [-0.39, 0.29) is 27.3 Å². The first kappa shape index (κ1) is 23.4. The second kappa shape index (κ2) is 9.76. The molecular weight excluding hydrogens is 449 g/mol. The summed E-state index contributed by atoms with van der Waals surface area (Å²) in [6.45, 7) is -1.40. The molecule has 0 spiro atoms. The Kier molecular flexibility index (Phi) is 9.13. The van der Waals surface area contributed by atoms with Crippen molar-refractivity contribution < 1.29 is 87.2 Å². The molecule has 0 aromatic carbocycles. The Bertz CT molecular complexity index is 520. The molecule has 0 radical (unpaired) electrons. The summed E-state index contributed by atoms with van der Waals surface area (Å²) < 4.78 is 8.51. The Morgan fingerprint density at radius 3 is 1.28 bits per heavy atom. The summed E-state index contributed by atoms with van der Waals surface area (Å²) in [5, 5.41) is 73.5. The van der Waals surface area contributed by atoms with Gasteiger partial charge in [0.25, 0.3) is 0 Å². The number of hydrogen-bond acceptors (Lipinski definition) is 12. The van der Waals surface area contributed by atoms with Gasteiger partial charge in [0.2, 0.25) is 0 Å². The SMILES string of the molecule is O=C1O[C@H]([C@@H](O)CO)C(O)=C1[O-].O=C1O[C@H]([C@@H](O)CO)C(O)=C1[O-].[Cd+2]. The molecule has 0 unspecified atom stereocenters. The molecule has 0 saturated carbocycles. The molecule has 25 heavy (non-hydrogen) atoms. The van der Waals surface area contributed by atoms with Gasteiger partial charge in [0, 0.05) is 11.5 Å². The maximum absolute atomic E-state index is 10.6. The van der Waals surface area contributed by atoms with Gasteiger partial charge in [-0.05, 0) is 0 Å². The Labute approximate surface area is 160 Å². The summed E-state index contributed by atoms with van der Waals surface area (Å²) in [7, 11) is 0. The van der Waals surface area contributed by atoms with Crippen LogP contribution in [0.2, 0.25) is 0 Å². The van der Waals surface area contributed by atoms with E-state index in [0.717, 1.165) is 0 Å². The fourth-order valence-electron chi connectivity index (χ4n) is 1.63. The van der Waals surface area contributed by atoms with Gasteiger partial charge in [0.1, 0.15) is 23.7 Å². The smallest absolute Gasteiger partial charge is 0.865 e. The molecule has 0 aliphatic carbocycles. The quantitative estimate of drug-likeness (QED) is 0.170. The van der Waals surface area contributed by atoms with Gasteiger partial charge < -0.3 is 50.3 Å².